The smallest absolute Gasteiger partial charge is 0.231 e. The Hall–Kier alpha value is -2.56. The topological polar surface area (TPSA) is 57.2 Å². The maximum atomic E-state index is 9.79. The summed E-state index contributed by atoms with van der Waals surface area (Å²) in [7, 11) is 1.60. The van der Waals surface area contributed by atoms with Gasteiger partial charge in [-0.15, -0.1) is 0 Å². The van der Waals surface area contributed by atoms with Crippen molar-refractivity contribution < 1.29 is 24.1 Å². The van der Waals surface area contributed by atoms with E-state index in [-0.39, 0.29) is 18.6 Å². The maximum Gasteiger partial charge on any atom is 0.231 e. The highest BCUT2D eigenvalue weighted by Crippen LogP contribution is 2.43. The second kappa shape index (κ2) is 5.02. The molecule has 5 nitrogen and oxygen atoms in total. The number of hydrogen-bond acceptors (Lipinski definition) is 5. The van der Waals surface area contributed by atoms with Gasteiger partial charge in [0.05, 0.1) is 7.11 Å². The SMILES string of the molecule is COc1cc(O)cc2c1CC[C@@H](c1ccc3c(c1)OCO3)O2. The Labute approximate surface area is 128 Å². The molecule has 114 valence electrons. The molecule has 0 amide bonds. The molecule has 2 aliphatic heterocycles. The summed E-state index contributed by atoms with van der Waals surface area (Å²) in [5.41, 5.74) is 2.04. The average Bonchev–Trinajstić information content (AvgIpc) is 3.00. The molecule has 0 aromatic heterocycles. The molecule has 0 saturated heterocycles. The number of aromatic hydroxyl groups is 1. The minimum absolute atomic E-state index is 0.0755. The van der Waals surface area contributed by atoms with E-state index in [9.17, 15) is 5.11 Å². The van der Waals surface area contributed by atoms with Gasteiger partial charge in [-0.2, -0.15) is 0 Å². The van der Waals surface area contributed by atoms with E-state index in [1.807, 2.05) is 18.2 Å². The van der Waals surface area contributed by atoms with Gasteiger partial charge >= 0.3 is 0 Å². The second-order valence-corrected chi connectivity index (χ2v) is 5.38. The van der Waals surface area contributed by atoms with Crippen LogP contribution in [0.1, 0.15) is 23.7 Å². The second-order valence-electron chi connectivity index (χ2n) is 5.38. The molecule has 0 bridgehead atoms. The van der Waals surface area contributed by atoms with E-state index >= 15 is 0 Å². The summed E-state index contributed by atoms with van der Waals surface area (Å²) < 4.78 is 22.1. The summed E-state index contributed by atoms with van der Waals surface area (Å²) in [5, 5.41) is 9.79. The highest BCUT2D eigenvalue weighted by molar-refractivity contribution is 5.52. The summed E-state index contributed by atoms with van der Waals surface area (Å²) in [6.07, 6.45) is 1.60. The van der Waals surface area contributed by atoms with E-state index in [4.69, 9.17) is 18.9 Å². The van der Waals surface area contributed by atoms with Crippen molar-refractivity contribution >= 4 is 0 Å². The van der Waals surface area contributed by atoms with E-state index in [1.54, 1.807) is 19.2 Å². The number of ether oxygens (including phenoxy) is 4. The third-order valence-corrected chi connectivity index (χ3v) is 4.07. The molecule has 2 heterocycles. The van der Waals surface area contributed by atoms with Gasteiger partial charge in [0.1, 0.15) is 23.4 Å². The van der Waals surface area contributed by atoms with Crippen molar-refractivity contribution in [1.29, 1.82) is 0 Å². The zero-order valence-electron chi connectivity index (χ0n) is 12.2. The molecule has 0 spiro atoms. The van der Waals surface area contributed by atoms with E-state index in [0.717, 1.165) is 35.5 Å². The van der Waals surface area contributed by atoms with E-state index in [0.29, 0.717) is 11.5 Å². The first kappa shape index (κ1) is 13.1. The van der Waals surface area contributed by atoms with Crippen LogP contribution < -0.4 is 18.9 Å². The Bertz CT molecular complexity index is 725. The summed E-state index contributed by atoms with van der Waals surface area (Å²) >= 11 is 0. The van der Waals surface area contributed by atoms with E-state index < -0.39 is 0 Å². The normalized spacial score (nSPS) is 18.5. The minimum Gasteiger partial charge on any atom is -0.508 e. The van der Waals surface area contributed by atoms with Gasteiger partial charge in [-0.25, -0.2) is 0 Å². The van der Waals surface area contributed by atoms with Crippen LogP contribution in [-0.4, -0.2) is 19.0 Å². The zero-order chi connectivity index (χ0) is 15.1. The van der Waals surface area contributed by atoms with Crippen molar-refractivity contribution in [2.24, 2.45) is 0 Å². The summed E-state index contributed by atoms with van der Waals surface area (Å²) in [6, 6.07) is 9.10. The Kier molecular flexibility index (Phi) is 2.99. The summed E-state index contributed by atoms with van der Waals surface area (Å²) in [4.78, 5) is 0. The molecule has 2 aromatic carbocycles. The number of methoxy groups -OCH3 is 1. The van der Waals surface area contributed by atoms with Gasteiger partial charge in [0.15, 0.2) is 11.5 Å². The van der Waals surface area contributed by atoms with Crippen molar-refractivity contribution in [3.05, 3.63) is 41.5 Å². The Balaban J connectivity index is 1.66. The quantitative estimate of drug-likeness (QED) is 0.923. The number of hydrogen-bond donors (Lipinski definition) is 1. The first-order chi connectivity index (χ1) is 10.7. The molecule has 0 unspecified atom stereocenters. The van der Waals surface area contributed by atoms with Crippen LogP contribution >= 0.6 is 0 Å². The van der Waals surface area contributed by atoms with Crippen molar-refractivity contribution in [1.82, 2.24) is 0 Å². The van der Waals surface area contributed by atoms with Crippen LogP contribution in [0.4, 0.5) is 0 Å². The molecule has 1 atom stereocenters. The van der Waals surface area contributed by atoms with Gasteiger partial charge in [-0.3, -0.25) is 0 Å². The largest absolute Gasteiger partial charge is 0.508 e. The first-order valence-electron chi connectivity index (χ1n) is 7.20. The summed E-state index contributed by atoms with van der Waals surface area (Å²) in [5.74, 6) is 2.99. The minimum atomic E-state index is -0.0755. The molecule has 0 saturated carbocycles. The van der Waals surface area contributed by atoms with Crippen LogP contribution in [0.25, 0.3) is 0 Å². The molecule has 0 aliphatic carbocycles. The number of phenols is 1. The molecule has 4 rings (SSSR count). The highest BCUT2D eigenvalue weighted by Gasteiger charge is 2.26. The molecule has 0 fully saturated rings. The number of rotatable bonds is 2. The van der Waals surface area contributed by atoms with Crippen molar-refractivity contribution in [3.8, 4) is 28.7 Å². The first-order valence-corrected chi connectivity index (χ1v) is 7.20. The molecule has 2 aromatic rings. The van der Waals surface area contributed by atoms with E-state index in [2.05, 4.69) is 0 Å². The standard InChI is InChI=1S/C17H16O5/c1-19-15-7-11(18)8-16-12(15)3-5-13(22-16)10-2-4-14-17(6-10)21-9-20-14/h2,4,6-8,13,18H,3,5,9H2,1H3/t13-/m0/s1. The third-order valence-electron chi connectivity index (χ3n) is 4.07. The fraction of sp³-hybridized carbons (Fsp3) is 0.294. The van der Waals surface area contributed by atoms with Gasteiger partial charge in [-0.1, -0.05) is 6.07 Å². The lowest BCUT2D eigenvalue weighted by Gasteiger charge is -2.27. The van der Waals surface area contributed by atoms with Gasteiger partial charge in [0.25, 0.3) is 0 Å². The number of phenolic OH excluding ortho intramolecular Hbond substituents is 1. The summed E-state index contributed by atoms with van der Waals surface area (Å²) in [6.45, 7) is 0.262. The van der Waals surface area contributed by atoms with Gasteiger partial charge in [0, 0.05) is 17.7 Å². The predicted molar refractivity (Wildman–Crippen MR) is 78.9 cm³/mol. The Morgan fingerprint density at radius 3 is 2.82 bits per heavy atom. The van der Waals surface area contributed by atoms with Gasteiger partial charge in [-0.05, 0) is 30.5 Å². The van der Waals surface area contributed by atoms with Crippen LogP contribution in [0.2, 0.25) is 0 Å². The molecule has 22 heavy (non-hydrogen) atoms. The zero-order valence-corrected chi connectivity index (χ0v) is 12.2. The molecule has 5 heteroatoms. The van der Waals surface area contributed by atoms with Crippen LogP contribution in [0.5, 0.6) is 28.7 Å². The Morgan fingerprint density at radius 1 is 1.09 bits per heavy atom. The highest BCUT2D eigenvalue weighted by atomic mass is 16.7. The molecule has 2 aliphatic rings. The van der Waals surface area contributed by atoms with Crippen molar-refractivity contribution in [2.45, 2.75) is 18.9 Å². The lowest BCUT2D eigenvalue weighted by atomic mass is 9.96. The van der Waals surface area contributed by atoms with Crippen LogP contribution in [-0.2, 0) is 6.42 Å². The fourth-order valence-corrected chi connectivity index (χ4v) is 2.98. The molecule has 1 N–H and O–H groups in total. The monoisotopic (exact) mass is 300 g/mol. The fourth-order valence-electron chi connectivity index (χ4n) is 2.98. The lowest BCUT2D eigenvalue weighted by Crippen LogP contribution is -2.15. The number of fused-ring (bicyclic) bond motifs is 2. The van der Waals surface area contributed by atoms with E-state index in [1.165, 1.54) is 0 Å². The van der Waals surface area contributed by atoms with Gasteiger partial charge < -0.3 is 24.1 Å². The van der Waals surface area contributed by atoms with Crippen LogP contribution in [0.3, 0.4) is 0 Å². The molecular weight excluding hydrogens is 284 g/mol. The van der Waals surface area contributed by atoms with Crippen molar-refractivity contribution in [2.75, 3.05) is 13.9 Å². The average molecular weight is 300 g/mol. The third kappa shape index (κ3) is 2.09. The lowest BCUT2D eigenvalue weighted by molar-refractivity contribution is 0.170. The molecular formula is C17H16O5. The predicted octanol–water partition coefficient (Wildman–Crippen LogP) is 3.20. The molecule has 0 radical (unpaired) electrons. The van der Waals surface area contributed by atoms with Crippen LogP contribution in [0, 0.1) is 0 Å². The number of benzene rings is 2. The van der Waals surface area contributed by atoms with Gasteiger partial charge in [0.2, 0.25) is 6.79 Å². The Morgan fingerprint density at radius 2 is 1.95 bits per heavy atom. The van der Waals surface area contributed by atoms with Crippen LogP contribution in [0.15, 0.2) is 30.3 Å². The maximum absolute atomic E-state index is 9.79. The van der Waals surface area contributed by atoms with Crippen molar-refractivity contribution in [3.63, 3.8) is 0 Å².